The first-order valence-corrected chi connectivity index (χ1v) is 6.59. The summed E-state index contributed by atoms with van der Waals surface area (Å²) in [6.45, 7) is 6.45. The molecule has 0 aliphatic rings. The number of aryl methyl sites for hydroxylation is 1. The van der Waals surface area contributed by atoms with E-state index in [0.717, 1.165) is 46.9 Å². The number of rotatable bonds is 6. The molecule has 0 saturated heterocycles. The molecule has 0 aliphatic carbocycles. The van der Waals surface area contributed by atoms with E-state index in [4.69, 9.17) is 16.3 Å². The van der Waals surface area contributed by atoms with Crippen LogP contribution in [0.15, 0.2) is 16.6 Å². The van der Waals surface area contributed by atoms with Crippen molar-refractivity contribution < 1.29 is 4.74 Å². The summed E-state index contributed by atoms with van der Waals surface area (Å²) in [6, 6.07) is 3.97. The Kier molecular flexibility index (Phi) is 6.17. The molecule has 0 atom stereocenters. The number of halogens is 2. The molecule has 0 amide bonds. The predicted octanol–water partition coefficient (Wildman–Crippen LogP) is 4.25. The number of hydrogen-bond acceptors (Lipinski definition) is 2. The molecule has 1 aromatic rings. The molecule has 4 heteroatoms. The molecular formula is C12H17BrClNO. The maximum atomic E-state index is 6.06. The molecule has 0 fully saturated rings. The normalized spacial score (nSPS) is 10.5. The Labute approximate surface area is 110 Å². The number of benzene rings is 1. The van der Waals surface area contributed by atoms with Crippen LogP contribution in [0.25, 0.3) is 0 Å². The smallest absolute Gasteiger partial charge is 0.0499 e. The molecule has 1 rings (SSSR count). The molecule has 0 unspecified atom stereocenters. The van der Waals surface area contributed by atoms with Crippen LogP contribution in [0.4, 0.5) is 5.69 Å². The van der Waals surface area contributed by atoms with Gasteiger partial charge in [0.05, 0.1) is 0 Å². The van der Waals surface area contributed by atoms with Crippen molar-refractivity contribution in [3.63, 3.8) is 0 Å². The van der Waals surface area contributed by atoms with Crippen LogP contribution in [0.5, 0.6) is 0 Å². The lowest BCUT2D eigenvalue weighted by Crippen LogP contribution is -2.06. The second-order valence-corrected chi connectivity index (χ2v) is 4.82. The second-order valence-electron chi connectivity index (χ2n) is 3.56. The highest BCUT2D eigenvalue weighted by Crippen LogP contribution is 2.28. The largest absolute Gasteiger partial charge is 0.384 e. The van der Waals surface area contributed by atoms with Crippen molar-refractivity contribution in [3.8, 4) is 0 Å². The van der Waals surface area contributed by atoms with Gasteiger partial charge in [0.15, 0.2) is 0 Å². The van der Waals surface area contributed by atoms with Gasteiger partial charge in [0.2, 0.25) is 0 Å². The van der Waals surface area contributed by atoms with Crippen LogP contribution in [0.2, 0.25) is 5.02 Å². The first-order valence-electron chi connectivity index (χ1n) is 5.42. The zero-order chi connectivity index (χ0) is 12.0. The van der Waals surface area contributed by atoms with E-state index in [2.05, 4.69) is 21.2 Å². The molecule has 90 valence electrons. The van der Waals surface area contributed by atoms with Gasteiger partial charge in [-0.15, -0.1) is 0 Å². The van der Waals surface area contributed by atoms with Crippen LogP contribution in [0.3, 0.4) is 0 Å². The summed E-state index contributed by atoms with van der Waals surface area (Å²) in [5.41, 5.74) is 2.11. The van der Waals surface area contributed by atoms with Crippen molar-refractivity contribution in [2.75, 3.05) is 25.1 Å². The van der Waals surface area contributed by atoms with Crippen molar-refractivity contribution in [3.05, 3.63) is 27.2 Å². The Bertz CT molecular complexity index is 344. The van der Waals surface area contributed by atoms with Crippen LogP contribution in [-0.4, -0.2) is 19.8 Å². The van der Waals surface area contributed by atoms with Gasteiger partial charge < -0.3 is 10.1 Å². The van der Waals surface area contributed by atoms with Crippen molar-refractivity contribution in [2.24, 2.45) is 0 Å². The monoisotopic (exact) mass is 305 g/mol. The molecule has 0 bridgehead atoms. The van der Waals surface area contributed by atoms with Crippen LogP contribution in [-0.2, 0) is 4.74 Å². The van der Waals surface area contributed by atoms with Crippen LogP contribution >= 0.6 is 27.5 Å². The quantitative estimate of drug-likeness (QED) is 0.793. The third-order valence-corrected chi connectivity index (χ3v) is 3.30. The van der Waals surface area contributed by atoms with E-state index < -0.39 is 0 Å². The molecule has 0 aliphatic heterocycles. The Morgan fingerprint density at radius 1 is 1.44 bits per heavy atom. The minimum atomic E-state index is 0.778. The fourth-order valence-corrected chi connectivity index (χ4v) is 2.09. The number of ether oxygens (including phenoxy) is 1. The zero-order valence-electron chi connectivity index (χ0n) is 9.65. The van der Waals surface area contributed by atoms with Gasteiger partial charge >= 0.3 is 0 Å². The SMILES string of the molecule is CCOCCCNc1cc(Cl)c(C)cc1Br. The summed E-state index contributed by atoms with van der Waals surface area (Å²) in [7, 11) is 0. The van der Waals surface area contributed by atoms with Gasteiger partial charge in [-0.2, -0.15) is 0 Å². The lowest BCUT2D eigenvalue weighted by atomic mass is 10.2. The van der Waals surface area contributed by atoms with Crippen molar-refractivity contribution in [1.29, 1.82) is 0 Å². The Balaban J connectivity index is 2.45. The Morgan fingerprint density at radius 3 is 2.88 bits per heavy atom. The molecule has 1 N–H and O–H groups in total. The van der Waals surface area contributed by atoms with Gasteiger partial charge in [-0.1, -0.05) is 11.6 Å². The van der Waals surface area contributed by atoms with Gasteiger partial charge in [0, 0.05) is 34.9 Å². The number of hydrogen-bond donors (Lipinski definition) is 1. The summed E-state index contributed by atoms with van der Waals surface area (Å²) in [5.74, 6) is 0. The summed E-state index contributed by atoms with van der Waals surface area (Å²) >= 11 is 9.57. The van der Waals surface area contributed by atoms with Crippen molar-refractivity contribution in [1.82, 2.24) is 0 Å². The molecule has 0 radical (unpaired) electrons. The zero-order valence-corrected chi connectivity index (χ0v) is 12.0. The van der Waals surface area contributed by atoms with Crippen LogP contribution in [0, 0.1) is 6.92 Å². The van der Waals surface area contributed by atoms with Crippen molar-refractivity contribution in [2.45, 2.75) is 20.3 Å². The van der Waals surface area contributed by atoms with E-state index in [-0.39, 0.29) is 0 Å². The maximum Gasteiger partial charge on any atom is 0.0499 e. The van der Waals surface area contributed by atoms with Crippen molar-refractivity contribution >= 4 is 33.2 Å². The summed E-state index contributed by atoms with van der Waals surface area (Å²) in [6.07, 6.45) is 0.992. The van der Waals surface area contributed by atoms with Gasteiger partial charge in [-0.05, 0) is 53.9 Å². The van der Waals surface area contributed by atoms with Gasteiger partial charge in [-0.3, -0.25) is 0 Å². The Morgan fingerprint density at radius 2 is 2.19 bits per heavy atom. The third kappa shape index (κ3) is 4.32. The predicted molar refractivity (Wildman–Crippen MR) is 73.5 cm³/mol. The fraction of sp³-hybridized carbons (Fsp3) is 0.500. The highest BCUT2D eigenvalue weighted by molar-refractivity contribution is 9.10. The highest BCUT2D eigenvalue weighted by Gasteiger charge is 2.03. The molecule has 0 saturated carbocycles. The van der Waals surface area contributed by atoms with E-state index in [1.54, 1.807) is 0 Å². The highest BCUT2D eigenvalue weighted by atomic mass is 79.9. The molecule has 0 heterocycles. The minimum Gasteiger partial charge on any atom is -0.384 e. The first kappa shape index (κ1) is 13.8. The van der Waals surface area contributed by atoms with Crippen LogP contribution < -0.4 is 5.32 Å². The van der Waals surface area contributed by atoms with Gasteiger partial charge in [0.1, 0.15) is 0 Å². The average molecular weight is 307 g/mol. The molecular weight excluding hydrogens is 289 g/mol. The van der Waals surface area contributed by atoms with E-state index >= 15 is 0 Å². The molecule has 2 nitrogen and oxygen atoms in total. The number of nitrogens with one attached hydrogen (secondary N) is 1. The standard InChI is InChI=1S/C12H17BrClNO/c1-3-16-6-4-5-15-12-8-11(14)9(2)7-10(12)13/h7-8,15H,3-6H2,1-2H3. The van der Waals surface area contributed by atoms with Crippen LogP contribution in [0.1, 0.15) is 18.9 Å². The summed E-state index contributed by atoms with van der Waals surface area (Å²) in [4.78, 5) is 0. The summed E-state index contributed by atoms with van der Waals surface area (Å²) in [5, 5.41) is 4.12. The third-order valence-electron chi connectivity index (χ3n) is 2.23. The van der Waals surface area contributed by atoms with E-state index in [0.29, 0.717) is 0 Å². The maximum absolute atomic E-state index is 6.06. The minimum absolute atomic E-state index is 0.778. The molecule has 16 heavy (non-hydrogen) atoms. The second kappa shape index (κ2) is 7.15. The van der Waals surface area contributed by atoms with E-state index in [1.807, 2.05) is 26.0 Å². The molecule has 0 spiro atoms. The van der Waals surface area contributed by atoms with Gasteiger partial charge in [-0.25, -0.2) is 0 Å². The molecule has 1 aromatic carbocycles. The van der Waals surface area contributed by atoms with E-state index in [1.165, 1.54) is 0 Å². The number of anilines is 1. The first-order chi connectivity index (χ1) is 7.65. The Hall–Kier alpha value is -0.250. The topological polar surface area (TPSA) is 21.3 Å². The summed E-state index contributed by atoms with van der Waals surface area (Å²) < 4.78 is 6.31. The lowest BCUT2D eigenvalue weighted by Gasteiger charge is -2.10. The van der Waals surface area contributed by atoms with Gasteiger partial charge in [0.25, 0.3) is 0 Å². The average Bonchev–Trinajstić information content (AvgIpc) is 2.25. The lowest BCUT2D eigenvalue weighted by molar-refractivity contribution is 0.147. The fourth-order valence-electron chi connectivity index (χ4n) is 1.32. The van der Waals surface area contributed by atoms with E-state index in [9.17, 15) is 0 Å². The molecule has 0 aromatic heterocycles.